The minimum atomic E-state index is -0.00105. The van der Waals surface area contributed by atoms with Crippen molar-refractivity contribution in [2.24, 2.45) is 0 Å². The number of rotatable bonds is 1. The summed E-state index contributed by atoms with van der Waals surface area (Å²) in [6.07, 6.45) is 8.55. The van der Waals surface area contributed by atoms with Crippen LogP contribution < -0.4 is 0 Å². The van der Waals surface area contributed by atoms with Crippen LogP contribution in [0.2, 0.25) is 0 Å². The van der Waals surface area contributed by atoms with Gasteiger partial charge in [-0.25, -0.2) is 0 Å². The molecule has 0 bridgehead atoms. The summed E-state index contributed by atoms with van der Waals surface area (Å²) >= 11 is 0. The van der Waals surface area contributed by atoms with Crippen LogP contribution in [0.15, 0.2) is 91.0 Å². The Labute approximate surface area is 147 Å². The molecule has 120 valence electrons. The van der Waals surface area contributed by atoms with E-state index in [9.17, 15) is 0 Å². The standard InChI is InChI=1S/C24H18O/c1-2-8-17(9-3-1)21-12-6-7-13-23-24(21)22-15-19-11-5-4-10-18(19)14-20(22)16-25-23/h1-15,23H,16H2. The summed E-state index contributed by atoms with van der Waals surface area (Å²) in [5.41, 5.74) is 6.31. The van der Waals surface area contributed by atoms with Crippen LogP contribution in [0.25, 0.3) is 21.9 Å². The molecule has 0 saturated heterocycles. The first-order valence-electron chi connectivity index (χ1n) is 8.68. The monoisotopic (exact) mass is 322 g/mol. The van der Waals surface area contributed by atoms with Gasteiger partial charge in [-0.05, 0) is 45.2 Å². The predicted octanol–water partition coefficient (Wildman–Crippen LogP) is 5.78. The predicted molar refractivity (Wildman–Crippen MR) is 104 cm³/mol. The smallest absolute Gasteiger partial charge is 0.103 e. The van der Waals surface area contributed by atoms with Crippen LogP contribution in [0.3, 0.4) is 0 Å². The van der Waals surface area contributed by atoms with Crippen LogP contribution in [0.4, 0.5) is 0 Å². The highest BCUT2D eigenvalue weighted by atomic mass is 16.5. The van der Waals surface area contributed by atoms with Crippen molar-refractivity contribution in [1.29, 1.82) is 0 Å². The summed E-state index contributed by atoms with van der Waals surface area (Å²) in [4.78, 5) is 0. The van der Waals surface area contributed by atoms with E-state index in [1.807, 2.05) is 0 Å². The summed E-state index contributed by atoms with van der Waals surface area (Å²) in [5.74, 6) is 0. The Hall–Kier alpha value is -2.90. The number of hydrogen-bond donors (Lipinski definition) is 0. The minimum absolute atomic E-state index is 0.00105. The first-order chi connectivity index (χ1) is 12.4. The van der Waals surface area contributed by atoms with Gasteiger partial charge in [-0.3, -0.25) is 0 Å². The second-order valence-corrected chi connectivity index (χ2v) is 6.53. The molecule has 1 aliphatic heterocycles. The van der Waals surface area contributed by atoms with Gasteiger partial charge >= 0.3 is 0 Å². The van der Waals surface area contributed by atoms with Gasteiger partial charge in [-0.2, -0.15) is 0 Å². The molecule has 5 rings (SSSR count). The molecule has 3 aromatic carbocycles. The Balaban J connectivity index is 1.82. The van der Waals surface area contributed by atoms with E-state index in [2.05, 4.69) is 91.0 Å². The van der Waals surface area contributed by atoms with Gasteiger partial charge in [-0.1, -0.05) is 78.9 Å². The number of benzene rings is 3. The van der Waals surface area contributed by atoms with E-state index in [1.165, 1.54) is 38.6 Å². The second kappa shape index (κ2) is 5.87. The molecule has 0 N–H and O–H groups in total. The van der Waals surface area contributed by atoms with E-state index in [1.54, 1.807) is 0 Å². The fourth-order valence-corrected chi connectivity index (χ4v) is 3.80. The van der Waals surface area contributed by atoms with Crippen molar-refractivity contribution in [2.45, 2.75) is 12.7 Å². The fraction of sp³-hybridized carbons (Fsp3) is 0.0833. The number of ether oxygens (including phenoxy) is 1. The molecule has 0 radical (unpaired) electrons. The Morgan fingerprint density at radius 1 is 0.800 bits per heavy atom. The third-order valence-corrected chi connectivity index (χ3v) is 5.00. The fourth-order valence-electron chi connectivity index (χ4n) is 3.80. The maximum Gasteiger partial charge on any atom is 0.103 e. The molecular formula is C24H18O. The summed E-state index contributed by atoms with van der Waals surface area (Å²) < 4.78 is 6.20. The average Bonchev–Trinajstić information content (AvgIpc) is 2.90. The summed E-state index contributed by atoms with van der Waals surface area (Å²) in [7, 11) is 0. The van der Waals surface area contributed by atoms with Gasteiger partial charge in [0.25, 0.3) is 0 Å². The molecule has 3 aromatic rings. The largest absolute Gasteiger partial charge is 0.365 e. The van der Waals surface area contributed by atoms with Crippen LogP contribution in [-0.2, 0) is 11.3 Å². The van der Waals surface area contributed by atoms with E-state index < -0.39 is 0 Å². The van der Waals surface area contributed by atoms with Crippen LogP contribution >= 0.6 is 0 Å². The molecule has 25 heavy (non-hydrogen) atoms. The van der Waals surface area contributed by atoms with Gasteiger partial charge in [0, 0.05) is 5.57 Å². The lowest BCUT2D eigenvalue weighted by Gasteiger charge is -2.28. The highest BCUT2D eigenvalue weighted by Crippen LogP contribution is 2.40. The highest BCUT2D eigenvalue weighted by molar-refractivity contribution is 6.01. The first-order valence-corrected chi connectivity index (χ1v) is 8.68. The molecule has 0 aromatic heterocycles. The number of fused-ring (bicyclic) bond motifs is 4. The van der Waals surface area contributed by atoms with E-state index in [4.69, 9.17) is 4.74 Å². The van der Waals surface area contributed by atoms with Gasteiger partial charge in [0.05, 0.1) is 6.61 Å². The van der Waals surface area contributed by atoms with Crippen molar-refractivity contribution in [3.63, 3.8) is 0 Å². The van der Waals surface area contributed by atoms with Gasteiger partial charge in [-0.15, -0.1) is 0 Å². The molecule has 1 aliphatic carbocycles. The molecular weight excluding hydrogens is 304 g/mol. The molecule has 0 saturated carbocycles. The Kier molecular flexibility index (Phi) is 3.39. The molecule has 1 heteroatoms. The molecule has 2 aliphatic rings. The minimum Gasteiger partial charge on any atom is -0.365 e. The van der Waals surface area contributed by atoms with Crippen LogP contribution in [0, 0.1) is 0 Å². The maximum absolute atomic E-state index is 6.20. The lowest BCUT2D eigenvalue weighted by Crippen LogP contribution is -2.20. The second-order valence-electron chi connectivity index (χ2n) is 6.53. The van der Waals surface area contributed by atoms with Crippen molar-refractivity contribution in [3.8, 4) is 0 Å². The maximum atomic E-state index is 6.20. The lowest BCUT2D eigenvalue weighted by molar-refractivity contribution is 0.101. The third-order valence-electron chi connectivity index (χ3n) is 5.00. The third kappa shape index (κ3) is 2.45. The first kappa shape index (κ1) is 14.4. The van der Waals surface area contributed by atoms with Gasteiger partial charge in [0.15, 0.2) is 0 Å². The summed E-state index contributed by atoms with van der Waals surface area (Å²) in [6, 6.07) is 23.7. The van der Waals surface area contributed by atoms with Gasteiger partial charge in [0.2, 0.25) is 0 Å². The highest BCUT2D eigenvalue weighted by Gasteiger charge is 2.27. The van der Waals surface area contributed by atoms with E-state index >= 15 is 0 Å². The molecule has 0 fully saturated rings. The van der Waals surface area contributed by atoms with Crippen molar-refractivity contribution in [1.82, 2.24) is 0 Å². The Morgan fingerprint density at radius 2 is 1.56 bits per heavy atom. The van der Waals surface area contributed by atoms with Crippen molar-refractivity contribution >= 4 is 21.9 Å². The molecule has 0 amide bonds. The number of allylic oxidation sites excluding steroid dienone is 4. The molecule has 1 heterocycles. The average molecular weight is 322 g/mol. The summed E-state index contributed by atoms with van der Waals surface area (Å²) in [5, 5.41) is 2.55. The molecule has 1 nitrogen and oxygen atoms in total. The van der Waals surface area contributed by atoms with E-state index in [-0.39, 0.29) is 6.10 Å². The van der Waals surface area contributed by atoms with Crippen molar-refractivity contribution in [2.75, 3.05) is 0 Å². The quantitative estimate of drug-likeness (QED) is 0.552. The van der Waals surface area contributed by atoms with Crippen LogP contribution in [0.1, 0.15) is 16.7 Å². The zero-order valence-corrected chi connectivity index (χ0v) is 13.9. The van der Waals surface area contributed by atoms with Crippen molar-refractivity contribution < 1.29 is 4.74 Å². The van der Waals surface area contributed by atoms with E-state index in [0.717, 1.165) is 0 Å². The zero-order chi connectivity index (χ0) is 16.6. The summed E-state index contributed by atoms with van der Waals surface area (Å²) in [6.45, 7) is 0.654. The normalized spacial score (nSPS) is 18.8. The topological polar surface area (TPSA) is 9.23 Å². The van der Waals surface area contributed by atoms with Gasteiger partial charge in [0.1, 0.15) is 6.10 Å². The van der Waals surface area contributed by atoms with Crippen LogP contribution in [0.5, 0.6) is 0 Å². The Bertz CT molecular complexity index is 1040. The molecule has 1 unspecified atom stereocenters. The van der Waals surface area contributed by atoms with Crippen LogP contribution in [-0.4, -0.2) is 6.10 Å². The SMILES string of the molecule is C1=CC(c2ccccc2)=C2c3cc4ccccc4cc3COC2C=C1. The lowest BCUT2D eigenvalue weighted by atomic mass is 9.86. The van der Waals surface area contributed by atoms with E-state index in [0.29, 0.717) is 6.61 Å². The zero-order valence-electron chi connectivity index (χ0n) is 13.9. The Morgan fingerprint density at radius 3 is 2.40 bits per heavy atom. The molecule has 1 atom stereocenters. The molecule has 0 spiro atoms. The van der Waals surface area contributed by atoms with Crippen molar-refractivity contribution in [3.05, 3.63) is 108 Å². The van der Waals surface area contributed by atoms with Gasteiger partial charge < -0.3 is 4.74 Å². The number of hydrogen-bond acceptors (Lipinski definition) is 1.